The average molecular weight is 355 g/mol. The van der Waals surface area contributed by atoms with Crippen LogP contribution in [0.4, 0.5) is 29.1 Å². The molecule has 2 heterocycles. The van der Waals surface area contributed by atoms with Gasteiger partial charge in [0.25, 0.3) is 0 Å². The highest BCUT2D eigenvalue weighted by atomic mass is 19.4. The van der Waals surface area contributed by atoms with Gasteiger partial charge < -0.3 is 14.5 Å². The molecule has 1 fully saturated rings. The summed E-state index contributed by atoms with van der Waals surface area (Å²) in [4.78, 5) is 7.48. The molecule has 1 aromatic carbocycles. The second-order valence-electron chi connectivity index (χ2n) is 5.67. The van der Waals surface area contributed by atoms with Crippen LogP contribution < -0.4 is 14.5 Å². The Balaban J connectivity index is 1.69. The van der Waals surface area contributed by atoms with Gasteiger partial charge in [0.2, 0.25) is 0 Å². The van der Waals surface area contributed by atoms with Crippen molar-refractivity contribution in [3.8, 4) is 5.75 Å². The lowest BCUT2D eigenvalue weighted by molar-refractivity contribution is -0.141. The third-order valence-corrected chi connectivity index (χ3v) is 4.13. The molecule has 25 heavy (non-hydrogen) atoms. The van der Waals surface area contributed by atoms with Gasteiger partial charge in [0.1, 0.15) is 11.5 Å². The van der Waals surface area contributed by atoms with Crippen molar-refractivity contribution >= 4 is 11.5 Å². The Hall–Kier alpha value is -2.51. The van der Waals surface area contributed by atoms with Crippen LogP contribution >= 0.6 is 0 Å². The zero-order valence-corrected chi connectivity index (χ0v) is 13.6. The predicted molar refractivity (Wildman–Crippen MR) is 86.6 cm³/mol. The Morgan fingerprint density at radius 3 is 2.28 bits per heavy atom. The molecule has 0 radical (unpaired) electrons. The minimum Gasteiger partial charge on any atom is -0.494 e. The highest BCUT2D eigenvalue weighted by Gasteiger charge is 2.33. The predicted octanol–water partition coefficient (Wildman–Crippen LogP) is 3.57. The maximum Gasteiger partial charge on any atom is 0.433 e. The monoisotopic (exact) mass is 355 g/mol. The van der Waals surface area contributed by atoms with Crippen LogP contribution in [0.3, 0.4) is 0 Å². The van der Waals surface area contributed by atoms with Gasteiger partial charge in [0.15, 0.2) is 11.6 Å². The van der Waals surface area contributed by atoms with Gasteiger partial charge in [-0.1, -0.05) is 6.07 Å². The lowest BCUT2D eigenvalue weighted by atomic mass is 10.2. The van der Waals surface area contributed by atoms with Crippen LogP contribution in [0.25, 0.3) is 0 Å². The molecule has 0 atom stereocenters. The number of hydrogen-bond donors (Lipinski definition) is 0. The van der Waals surface area contributed by atoms with Crippen molar-refractivity contribution in [1.29, 1.82) is 0 Å². The molecule has 1 saturated heterocycles. The molecule has 0 N–H and O–H groups in total. The number of methoxy groups -OCH3 is 1. The Labute approximate surface area is 142 Å². The Kier molecular flexibility index (Phi) is 4.69. The smallest absolute Gasteiger partial charge is 0.433 e. The number of halogens is 4. The summed E-state index contributed by atoms with van der Waals surface area (Å²) in [6, 6.07) is 8.61. The third-order valence-electron chi connectivity index (χ3n) is 4.13. The zero-order chi connectivity index (χ0) is 18.0. The first-order chi connectivity index (χ1) is 11.9. The Bertz CT molecular complexity index is 743. The first-order valence-electron chi connectivity index (χ1n) is 7.76. The minimum absolute atomic E-state index is 0.176. The summed E-state index contributed by atoms with van der Waals surface area (Å²) in [6.45, 7) is 2.12. The van der Waals surface area contributed by atoms with Gasteiger partial charge in [0, 0.05) is 37.9 Å². The number of nitrogens with zero attached hydrogens (tertiary/aromatic N) is 3. The fraction of sp³-hybridized carbons (Fsp3) is 0.353. The van der Waals surface area contributed by atoms with E-state index < -0.39 is 17.7 Å². The summed E-state index contributed by atoms with van der Waals surface area (Å²) in [5, 5.41) is 0. The van der Waals surface area contributed by atoms with Crippen molar-refractivity contribution in [3.63, 3.8) is 0 Å². The van der Waals surface area contributed by atoms with Crippen molar-refractivity contribution in [3.05, 3.63) is 47.9 Å². The topological polar surface area (TPSA) is 28.6 Å². The fourth-order valence-electron chi connectivity index (χ4n) is 2.80. The lowest BCUT2D eigenvalue weighted by Crippen LogP contribution is -2.47. The summed E-state index contributed by atoms with van der Waals surface area (Å²) in [5.41, 5.74) is -0.181. The van der Waals surface area contributed by atoms with Crippen molar-refractivity contribution in [2.75, 3.05) is 43.1 Å². The van der Waals surface area contributed by atoms with Crippen LogP contribution in [0.2, 0.25) is 0 Å². The van der Waals surface area contributed by atoms with Gasteiger partial charge >= 0.3 is 6.18 Å². The summed E-state index contributed by atoms with van der Waals surface area (Å²) >= 11 is 0. The van der Waals surface area contributed by atoms with Gasteiger partial charge in [-0.15, -0.1) is 0 Å². The highest BCUT2D eigenvalue weighted by Crippen LogP contribution is 2.29. The second kappa shape index (κ2) is 6.78. The Morgan fingerprint density at radius 2 is 1.68 bits per heavy atom. The molecule has 134 valence electrons. The van der Waals surface area contributed by atoms with E-state index in [-0.39, 0.29) is 5.75 Å². The van der Waals surface area contributed by atoms with E-state index in [0.29, 0.717) is 32.0 Å². The molecule has 0 unspecified atom stereocenters. The second-order valence-corrected chi connectivity index (χ2v) is 5.67. The normalized spacial score (nSPS) is 15.4. The summed E-state index contributed by atoms with van der Waals surface area (Å²) in [6.07, 6.45) is -4.46. The molecule has 3 rings (SSSR count). The molecular formula is C17H17F4N3O. The van der Waals surface area contributed by atoms with E-state index in [1.807, 2.05) is 4.90 Å². The summed E-state index contributed by atoms with van der Waals surface area (Å²) in [5.74, 6) is 0.0351. The fourth-order valence-corrected chi connectivity index (χ4v) is 2.80. The van der Waals surface area contributed by atoms with Gasteiger partial charge in [-0.25, -0.2) is 9.37 Å². The highest BCUT2D eigenvalue weighted by molar-refractivity contribution is 5.52. The molecule has 1 aliphatic heterocycles. The van der Waals surface area contributed by atoms with E-state index >= 15 is 0 Å². The lowest BCUT2D eigenvalue weighted by Gasteiger charge is -2.37. The molecule has 1 aromatic heterocycles. The number of aromatic nitrogens is 1. The number of pyridine rings is 1. The molecule has 2 aromatic rings. The van der Waals surface area contributed by atoms with Crippen molar-refractivity contribution in [2.45, 2.75) is 6.18 Å². The number of ether oxygens (including phenoxy) is 1. The molecule has 4 nitrogen and oxygen atoms in total. The van der Waals surface area contributed by atoms with Crippen LogP contribution in [0, 0.1) is 5.82 Å². The average Bonchev–Trinajstić information content (AvgIpc) is 2.61. The quantitative estimate of drug-likeness (QED) is 0.787. The van der Waals surface area contributed by atoms with E-state index in [1.54, 1.807) is 23.1 Å². The first-order valence-corrected chi connectivity index (χ1v) is 7.76. The standard InChI is InChI=1S/C17H17F4N3O/c1-25-14-6-5-12(11-13(14)18)23-7-9-24(10-8-23)16-4-2-3-15(22-16)17(19,20)21/h2-6,11H,7-10H2,1H3. The van der Waals surface area contributed by atoms with Crippen LogP contribution in [0.5, 0.6) is 5.75 Å². The number of rotatable bonds is 3. The number of piperazine rings is 1. The molecule has 0 saturated carbocycles. The molecule has 0 aliphatic carbocycles. The van der Waals surface area contributed by atoms with Crippen molar-refractivity contribution < 1.29 is 22.3 Å². The van der Waals surface area contributed by atoms with Crippen molar-refractivity contribution in [2.24, 2.45) is 0 Å². The van der Waals surface area contributed by atoms with Crippen LogP contribution in [0.1, 0.15) is 5.69 Å². The van der Waals surface area contributed by atoms with Gasteiger partial charge in [-0.3, -0.25) is 0 Å². The van der Waals surface area contributed by atoms with Crippen LogP contribution in [-0.2, 0) is 6.18 Å². The van der Waals surface area contributed by atoms with Gasteiger partial charge in [0.05, 0.1) is 7.11 Å². The number of alkyl halides is 3. The minimum atomic E-state index is -4.46. The maximum absolute atomic E-state index is 13.8. The zero-order valence-electron chi connectivity index (χ0n) is 13.6. The van der Waals surface area contributed by atoms with Crippen molar-refractivity contribution in [1.82, 2.24) is 4.98 Å². The van der Waals surface area contributed by atoms with E-state index in [1.165, 1.54) is 19.2 Å². The van der Waals surface area contributed by atoms with Crippen LogP contribution in [-0.4, -0.2) is 38.3 Å². The van der Waals surface area contributed by atoms with E-state index in [4.69, 9.17) is 4.74 Å². The van der Waals surface area contributed by atoms with E-state index in [2.05, 4.69) is 4.98 Å². The first kappa shape index (κ1) is 17.3. The molecular weight excluding hydrogens is 338 g/mol. The number of hydrogen-bond acceptors (Lipinski definition) is 4. The third kappa shape index (κ3) is 3.78. The molecule has 8 heteroatoms. The number of anilines is 2. The maximum atomic E-state index is 13.8. The molecule has 1 aliphatic rings. The number of benzene rings is 1. The summed E-state index contributed by atoms with van der Waals surface area (Å²) < 4.78 is 57.1. The summed E-state index contributed by atoms with van der Waals surface area (Å²) in [7, 11) is 1.40. The van der Waals surface area contributed by atoms with Gasteiger partial charge in [-0.2, -0.15) is 13.2 Å². The molecule has 0 bridgehead atoms. The molecule has 0 spiro atoms. The van der Waals surface area contributed by atoms with E-state index in [9.17, 15) is 17.6 Å². The van der Waals surface area contributed by atoms with Gasteiger partial charge in [-0.05, 0) is 24.3 Å². The largest absolute Gasteiger partial charge is 0.494 e. The van der Waals surface area contributed by atoms with E-state index in [0.717, 1.165) is 11.8 Å². The van der Waals surface area contributed by atoms with Crippen LogP contribution in [0.15, 0.2) is 36.4 Å². The molecule has 0 amide bonds. The Morgan fingerprint density at radius 1 is 1.00 bits per heavy atom. The SMILES string of the molecule is COc1ccc(N2CCN(c3cccc(C(F)(F)F)n3)CC2)cc1F.